The molecule has 0 saturated carbocycles. The molecule has 0 heterocycles. The summed E-state index contributed by atoms with van der Waals surface area (Å²) in [5, 5.41) is 9.74. The maximum Gasteiger partial charge on any atom is 0.128 e. The van der Waals surface area contributed by atoms with Gasteiger partial charge in [-0.1, -0.05) is 17.7 Å². The second-order valence-electron chi connectivity index (χ2n) is 5.52. The van der Waals surface area contributed by atoms with Crippen molar-refractivity contribution in [1.82, 2.24) is 0 Å². The second-order valence-corrected chi connectivity index (χ2v) is 5.52. The van der Waals surface area contributed by atoms with E-state index < -0.39 is 6.10 Å². The smallest absolute Gasteiger partial charge is 0.128 e. The van der Waals surface area contributed by atoms with Crippen LogP contribution in [-0.4, -0.2) is 5.11 Å². The molecule has 112 valence electrons. The van der Waals surface area contributed by atoms with Gasteiger partial charge in [0.25, 0.3) is 0 Å². The lowest BCUT2D eigenvalue weighted by molar-refractivity contribution is 0.189. The van der Waals surface area contributed by atoms with Gasteiger partial charge in [-0.15, -0.1) is 0 Å². The van der Waals surface area contributed by atoms with E-state index >= 15 is 0 Å². The number of aliphatic hydroxyl groups excluding tert-OH is 1. The molecule has 1 unspecified atom stereocenters. The summed E-state index contributed by atoms with van der Waals surface area (Å²) in [7, 11) is 0. The normalized spacial score (nSPS) is 12.3. The number of ether oxygens (including phenoxy) is 1. The Hall–Kier alpha value is -1.87. The van der Waals surface area contributed by atoms with E-state index in [2.05, 4.69) is 19.1 Å². The number of halogens is 1. The van der Waals surface area contributed by atoms with E-state index in [0.29, 0.717) is 17.9 Å². The maximum absolute atomic E-state index is 13.4. The zero-order valence-corrected chi connectivity index (χ0v) is 12.9. The third-order valence-corrected chi connectivity index (χ3v) is 3.64. The Balaban J connectivity index is 2.26. The molecule has 2 aromatic carbocycles. The number of aliphatic hydroxyl groups is 1. The Labute approximate surface area is 125 Å². The minimum absolute atomic E-state index is 0.362. The monoisotopic (exact) mass is 288 g/mol. The van der Waals surface area contributed by atoms with Crippen LogP contribution in [0.25, 0.3) is 0 Å². The van der Waals surface area contributed by atoms with Gasteiger partial charge in [-0.2, -0.15) is 0 Å². The van der Waals surface area contributed by atoms with Gasteiger partial charge in [0.05, 0.1) is 6.10 Å². The van der Waals surface area contributed by atoms with Crippen LogP contribution in [0.2, 0.25) is 0 Å². The Morgan fingerprint density at radius 2 is 1.71 bits per heavy atom. The lowest BCUT2D eigenvalue weighted by Gasteiger charge is -2.16. The molecule has 21 heavy (non-hydrogen) atoms. The lowest BCUT2D eigenvalue weighted by Crippen LogP contribution is -2.04. The summed E-state index contributed by atoms with van der Waals surface area (Å²) in [6.45, 7) is 8.14. The number of aryl methyl sites for hydroxylation is 3. The van der Waals surface area contributed by atoms with E-state index in [-0.39, 0.29) is 5.82 Å². The molecule has 2 aromatic rings. The highest BCUT2D eigenvalue weighted by atomic mass is 19.1. The van der Waals surface area contributed by atoms with Crippen LogP contribution in [0.15, 0.2) is 30.3 Å². The van der Waals surface area contributed by atoms with Crippen LogP contribution in [0.4, 0.5) is 4.39 Å². The van der Waals surface area contributed by atoms with Gasteiger partial charge in [-0.3, -0.25) is 0 Å². The first-order valence-electron chi connectivity index (χ1n) is 7.05. The molecule has 0 spiro atoms. The molecular weight excluding hydrogens is 267 g/mol. The summed E-state index contributed by atoms with van der Waals surface area (Å²) < 4.78 is 19.2. The predicted octanol–water partition coefficient (Wildman–Crippen LogP) is 4.38. The van der Waals surface area contributed by atoms with E-state index in [1.54, 1.807) is 13.0 Å². The highest BCUT2D eigenvalue weighted by molar-refractivity contribution is 5.39. The van der Waals surface area contributed by atoms with E-state index in [1.165, 1.54) is 17.7 Å². The molecule has 0 saturated heterocycles. The summed E-state index contributed by atoms with van der Waals surface area (Å²) in [6, 6.07) is 8.42. The largest absolute Gasteiger partial charge is 0.488 e. The van der Waals surface area contributed by atoms with Crippen molar-refractivity contribution in [2.75, 3.05) is 0 Å². The third kappa shape index (κ3) is 3.61. The van der Waals surface area contributed by atoms with Crippen LogP contribution in [-0.2, 0) is 6.61 Å². The lowest BCUT2D eigenvalue weighted by atomic mass is 10.0. The minimum Gasteiger partial charge on any atom is -0.488 e. The number of hydrogen-bond donors (Lipinski definition) is 1. The fourth-order valence-corrected chi connectivity index (χ4v) is 2.57. The van der Waals surface area contributed by atoms with Crippen LogP contribution in [0.3, 0.4) is 0 Å². The average molecular weight is 288 g/mol. The Morgan fingerprint density at radius 1 is 1.10 bits per heavy atom. The first kappa shape index (κ1) is 15.5. The van der Waals surface area contributed by atoms with Gasteiger partial charge in [0.1, 0.15) is 18.2 Å². The number of benzene rings is 2. The summed E-state index contributed by atoms with van der Waals surface area (Å²) in [5.74, 6) is 0.0242. The van der Waals surface area contributed by atoms with Crippen molar-refractivity contribution in [2.24, 2.45) is 0 Å². The predicted molar refractivity (Wildman–Crippen MR) is 82.0 cm³/mol. The van der Waals surface area contributed by atoms with Gasteiger partial charge in [-0.05, 0) is 56.5 Å². The molecule has 0 bridgehead atoms. The molecule has 0 aliphatic heterocycles. The Bertz CT molecular complexity index is 625. The molecule has 0 radical (unpaired) electrons. The molecule has 0 amide bonds. The van der Waals surface area contributed by atoms with Crippen LogP contribution in [0.5, 0.6) is 5.75 Å². The molecule has 3 heteroatoms. The maximum atomic E-state index is 13.4. The van der Waals surface area contributed by atoms with Gasteiger partial charge in [0, 0.05) is 11.6 Å². The molecule has 0 aliphatic rings. The van der Waals surface area contributed by atoms with Gasteiger partial charge in [0.15, 0.2) is 0 Å². The van der Waals surface area contributed by atoms with Crippen molar-refractivity contribution in [3.8, 4) is 5.75 Å². The standard InChI is InChI=1S/C18H21FO2/c1-11-7-12(2)17(13(3)8-11)10-21-18-9-15(19)5-6-16(18)14(4)20/h5-9,14,20H,10H2,1-4H3. The molecule has 2 rings (SSSR count). The van der Waals surface area contributed by atoms with Crippen LogP contribution >= 0.6 is 0 Å². The SMILES string of the molecule is Cc1cc(C)c(COc2cc(F)ccc2C(C)O)c(C)c1. The minimum atomic E-state index is -0.694. The van der Waals surface area contributed by atoms with Crippen LogP contribution in [0, 0.1) is 26.6 Å². The van der Waals surface area contributed by atoms with Gasteiger partial charge < -0.3 is 9.84 Å². The van der Waals surface area contributed by atoms with E-state index in [9.17, 15) is 9.50 Å². The zero-order chi connectivity index (χ0) is 15.6. The second kappa shape index (κ2) is 6.27. The number of rotatable bonds is 4. The first-order chi connectivity index (χ1) is 9.88. The fraction of sp³-hybridized carbons (Fsp3) is 0.333. The topological polar surface area (TPSA) is 29.5 Å². The molecule has 1 N–H and O–H groups in total. The summed E-state index contributed by atoms with van der Waals surface area (Å²) in [5.41, 5.74) is 5.22. The zero-order valence-electron chi connectivity index (χ0n) is 12.9. The van der Waals surface area contributed by atoms with Crippen molar-refractivity contribution in [3.05, 3.63) is 64.0 Å². The fourth-order valence-electron chi connectivity index (χ4n) is 2.57. The third-order valence-electron chi connectivity index (χ3n) is 3.64. The average Bonchev–Trinajstić information content (AvgIpc) is 2.37. The van der Waals surface area contributed by atoms with Crippen molar-refractivity contribution < 1.29 is 14.2 Å². The van der Waals surface area contributed by atoms with Gasteiger partial charge in [0.2, 0.25) is 0 Å². The van der Waals surface area contributed by atoms with Gasteiger partial charge >= 0.3 is 0 Å². The molecule has 0 fully saturated rings. The van der Waals surface area contributed by atoms with E-state index in [0.717, 1.165) is 16.7 Å². The van der Waals surface area contributed by atoms with Crippen molar-refractivity contribution >= 4 is 0 Å². The van der Waals surface area contributed by atoms with Crippen molar-refractivity contribution in [2.45, 2.75) is 40.4 Å². The highest BCUT2D eigenvalue weighted by Crippen LogP contribution is 2.27. The highest BCUT2D eigenvalue weighted by Gasteiger charge is 2.12. The van der Waals surface area contributed by atoms with Crippen LogP contribution < -0.4 is 4.74 Å². The van der Waals surface area contributed by atoms with Crippen molar-refractivity contribution in [3.63, 3.8) is 0 Å². The molecular formula is C18H21FO2. The molecule has 1 atom stereocenters. The first-order valence-corrected chi connectivity index (χ1v) is 7.05. The van der Waals surface area contributed by atoms with E-state index in [4.69, 9.17) is 4.74 Å². The summed E-state index contributed by atoms with van der Waals surface area (Å²) in [6.07, 6.45) is -0.694. The molecule has 0 aliphatic carbocycles. The van der Waals surface area contributed by atoms with Crippen LogP contribution in [0.1, 0.15) is 40.8 Å². The Morgan fingerprint density at radius 3 is 2.29 bits per heavy atom. The molecule has 0 aromatic heterocycles. The number of hydrogen-bond acceptors (Lipinski definition) is 2. The van der Waals surface area contributed by atoms with Crippen molar-refractivity contribution in [1.29, 1.82) is 0 Å². The molecule has 2 nitrogen and oxygen atoms in total. The quantitative estimate of drug-likeness (QED) is 0.904. The summed E-state index contributed by atoms with van der Waals surface area (Å²) in [4.78, 5) is 0. The van der Waals surface area contributed by atoms with Gasteiger partial charge in [-0.25, -0.2) is 4.39 Å². The Kier molecular flexibility index (Phi) is 4.63. The van der Waals surface area contributed by atoms with E-state index in [1.807, 2.05) is 13.8 Å². The summed E-state index contributed by atoms with van der Waals surface area (Å²) >= 11 is 0.